The van der Waals surface area contributed by atoms with E-state index >= 15 is 0 Å². The summed E-state index contributed by atoms with van der Waals surface area (Å²) in [6.45, 7) is 4.50. The number of nitrogens with zero attached hydrogens (tertiary/aromatic N) is 1. The first kappa shape index (κ1) is 14.3. The first-order chi connectivity index (χ1) is 8.51. The number of amides is 1. The van der Waals surface area contributed by atoms with Crippen molar-refractivity contribution in [3.05, 3.63) is 23.8 Å². The van der Waals surface area contributed by atoms with E-state index in [2.05, 4.69) is 5.32 Å². The molecule has 0 atom stereocenters. The van der Waals surface area contributed by atoms with Gasteiger partial charge in [0.25, 0.3) is 5.91 Å². The number of carbonyl (C=O) groups excluding carboxylic acids is 1. The van der Waals surface area contributed by atoms with Crippen LogP contribution in [0.2, 0.25) is 0 Å². The second-order valence-electron chi connectivity index (χ2n) is 4.37. The number of nitrogens with one attached hydrogen (secondary N) is 1. The summed E-state index contributed by atoms with van der Waals surface area (Å²) in [6, 6.07) is 5.34. The first-order valence-electron chi connectivity index (χ1n) is 6.00. The SMILES string of the molecule is CNC(=O)c1ccc(N)cc1N(CCO)C(C)C. The molecule has 0 aromatic heterocycles. The zero-order valence-corrected chi connectivity index (χ0v) is 11.1. The largest absolute Gasteiger partial charge is 0.399 e. The maximum Gasteiger partial charge on any atom is 0.253 e. The number of anilines is 2. The number of nitrogen functional groups attached to an aromatic ring is 1. The summed E-state index contributed by atoms with van der Waals surface area (Å²) in [4.78, 5) is 13.8. The topological polar surface area (TPSA) is 78.6 Å². The average Bonchev–Trinajstić information content (AvgIpc) is 2.34. The fourth-order valence-corrected chi connectivity index (χ4v) is 1.88. The third kappa shape index (κ3) is 3.13. The predicted molar refractivity (Wildman–Crippen MR) is 73.8 cm³/mol. The molecule has 1 rings (SSSR count). The molecule has 1 aromatic carbocycles. The quantitative estimate of drug-likeness (QED) is 0.677. The molecule has 4 N–H and O–H groups in total. The Morgan fingerprint density at radius 2 is 2.17 bits per heavy atom. The lowest BCUT2D eigenvalue weighted by Gasteiger charge is -2.30. The molecule has 1 amide bonds. The van der Waals surface area contributed by atoms with Gasteiger partial charge in [0.2, 0.25) is 0 Å². The van der Waals surface area contributed by atoms with Crippen LogP contribution in [-0.2, 0) is 0 Å². The van der Waals surface area contributed by atoms with Crippen LogP contribution in [0, 0.1) is 0 Å². The fourth-order valence-electron chi connectivity index (χ4n) is 1.88. The molecule has 0 aliphatic heterocycles. The molecule has 0 saturated heterocycles. The smallest absolute Gasteiger partial charge is 0.253 e. The van der Waals surface area contributed by atoms with Crippen molar-refractivity contribution in [1.29, 1.82) is 0 Å². The molecule has 0 spiro atoms. The third-order valence-corrected chi connectivity index (χ3v) is 2.77. The summed E-state index contributed by atoms with van der Waals surface area (Å²) in [6.07, 6.45) is 0. The van der Waals surface area contributed by atoms with Crippen molar-refractivity contribution >= 4 is 17.3 Å². The molecule has 5 nitrogen and oxygen atoms in total. The normalized spacial score (nSPS) is 10.5. The van der Waals surface area contributed by atoms with Gasteiger partial charge in [0.15, 0.2) is 0 Å². The lowest BCUT2D eigenvalue weighted by molar-refractivity contribution is 0.0963. The highest BCUT2D eigenvalue weighted by Gasteiger charge is 2.18. The molecule has 5 heteroatoms. The van der Waals surface area contributed by atoms with E-state index in [9.17, 15) is 4.79 Å². The van der Waals surface area contributed by atoms with Gasteiger partial charge in [-0.1, -0.05) is 0 Å². The Morgan fingerprint density at radius 1 is 1.50 bits per heavy atom. The van der Waals surface area contributed by atoms with E-state index in [1.807, 2.05) is 18.7 Å². The van der Waals surface area contributed by atoms with Crippen molar-refractivity contribution in [2.75, 3.05) is 30.8 Å². The van der Waals surface area contributed by atoms with Crippen LogP contribution in [0.5, 0.6) is 0 Å². The minimum absolute atomic E-state index is 0.0279. The maximum absolute atomic E-state index is 11.8. The molecule has 100 valence electrons. The molecule has 0 fully saturated rings. The summed E-state index contributed by atoms with van der Waals surface area (Å²) >= 11 is 0. The van der Waals surface area contributed by atoms with Crippen LogP contribution in [0.3, 0.4) is 0 Å². The lowest BCUT2D eigenvalue weighted by atomic mass is 10.1. The fraction of sp³-hybridized carbons (Fsp3) is 0.462. The number of carbonyl (C=O) groups is 1. The molecular formula is C13H21N3O2. The van der Waals surface area contributed by atoms with Crippen LogP contribution >= 0.6 is 0 Å². The maximum atomic E-state index is 11.8. The summed E-state index contributed by atoms with van der Waals surface area (Å²) < 4.78 is 0. The Kier molecular flexibility index (Phi) is 4.97. The van der Waals surface area contributed by atoms with Crippen molar-refractivity contribution in [3.8, 4) is 0 Å². The van der Waals surface area contributed by atoms with Gasteiger partial charge in [-0.25, -0.2) is 0 Å². The van der Waals surface area contributed by atoms with Crippen LogP contribution in [0.15, 0.2) is 18.2 Å². The van der Waals surface area contributed by atoms with Crippen molar-refractivity contribution in [2.24, 2.45) is 0 Å². The summed E-state index contributed by atoms with van der Waals surface area (Å²) in [5, 5.41) is 11.7. The molecular weight excluding hydrogens is 230 g/mol. The van der Waals surface area contributed by atoms with Gasteiger partial charge in [-0.15, -0.1) is 0 Å². The summed E-state index contributed by atoms with van der Waals surface area (Å²) in [5.41, 5.74) is 7.69. The molecule has 1 aromatic rings. The highest BCUT2D eigenvalue weighted by Crippen LogP contribution is 2.25. The van der Waals surface area contributed by atoms with Crippen LogP contribution in [0.25, 0.3) is 0 Å². The molecule has 0 radical (unpaired) electrons. The van der Waals surface area contributed by atoms with E-state index < -0.39 is 0 Å². The molecule has 0 bridgehead atoms. The van der Waals surface area contributed by atoms with Crippen LogP contribution < -0.4 is 16.0 Å². The van der Waals surface area contributed by atoms with Gasteiger partial charge in [-0.2, -0.15) is 0 Å². The van der Waals surface area contributed by atoms with E-state index in [-0.39, 0.29) is 18.6 Å². The highest BCUT2D eigenvalue weighted by molar-refractivity contribution is 6.00. The number of aliphatic hydroxyl groups is 1. The number of hydrogen-bond acceptors (Lipinski definition) is 4. The monoisotopic (exact) mass is 251 g/mol. The van der Waals surface area contributed by atoms with Gasteiger partial charge in [-0.3, -0.25) is 4.79 Å². The number of hydrogen-bond donors (Lipinski definition) is 3. The van der Waals surface area contributed by atoms with Gasteiger partial charge >= 0.3 is 0 Å². The number of aliphatic hydroxyl groups excluding tert-OH is 1. The van der Waals surface area contributed by atoms with Crippen molar-refractivity contribution in [2.45, 2.75) is 19.9 Å². The van der Waals surface area contributed by atoms with E-state index in [4.69, 9.17) is 10.8 Å². The van der Waals surface area contributed by atoms with E-state index in [1.54, 1.807) is 25.2 Å². The number of benzene rings is 1. The second kappa shape index (κ2) is 6.26. The second-order valence-corrected chi connectivity index (χ2v) is 4.37. The van der Waals surface area contributed by atoms with E-state index in [1.165, 1.54) is 0 Å². The zero-order chi connectivity index (χ0) is 13.7. The Labute approximate surface area is 108 Å². The number of rotatable bonds is 5. The molecule has 0 aliphatic carbocycles. The van der Waals surface area contributed by atoms with Gasteiger partial charge < -0.3 is 21.1 Å². The van der Waals surface area contributed by atoms with Crippen LogP contribution in [0.1, 0.15) is 24.2 Å². The van der Waals surface area contributed by atoms with Crippen molar-refractivity contribution in [1.82, 2.24) is 5.32 Å². The van der Waals surface area contributed by atoms with Crippen molar-refractivity contribution < 1.29 is 9.90 Å². The minimum Gasteiger partial charge on any atom is -0.399 e. The Morgan fingerprint density at radius 3 is 2.67 bits per heavy atom. The van der Waals surface area contributed by atoms with Gasteiger partial charge in [0.05, 0.1) is 17.9 Å². The van der Waals surface area contributed by atoms with E-state index in [0.717, 1.165) is 5.69 Å². The van der Waals surface area contributed by atoms with Gasteiger partial charge in [0, 0.05) is 25.3 Å². The van der Waals surface area contributed by atoms with E-state index in [0.29, 0.717) is 17.8 Å². The first-order valence-corrected chi connectivity index (χ1v) is 6.00. The Balaban J connectivity index is 3.25. The zero-order valence-electron chi connectivity index (χ0n) is 11.1. The van der Waals surface area contributed by atoms with Crippen molar-refractivity contribution in [3.63, 3.8) is 0 Å². The Hall–Kier alpha value is -1.75. The highest BCUT2D eigenvalue weighted by atomic mass is 16.3. The summed E-state index contributed by atoms with van der Waals surface area (Å²) in [7, 11) is 1.59. The molecule has 0 saturated carbocycles. The van der Waals surface area contributed by atoms with Gasteiger partial charge in [-0.05, 0) is 32.0 Å². The molecule has 0 unspecified atom stereocenters. The predicted octanol–water partition coefficient (Wildman–Crippen LogP) is 0.836. The van der Waals surface area contributed by atoms with Crippen LogP contribution in [-0.4, -0.2) is 37.3 Å². The molecule has 18 heavy (non-hydrogen) atoms. The minimum atomic E-state index is -0.159. The third-order valence-electron chi connectivity index (χ3n) is 2.77. The Bertz CT molecular complexity index is 419. The molecule has 0 aliphatic rings. The summed E-state index contributed by atoms with van der Waals surface area (Å²) in [5.74, 6) is -0.159. The van der Waals surface area contributed by atoms with Crippen LogP contribution in [0.4, 0.5) is 11.4 Å². The molecule has 0 heterocycles. The lowest BCUT2D eigenvalue weighted by Crippen LogP contribution is -2.35. The average molecular weight is 251 g/mol. The number of nitrogens with two attached hydrogens (primary N) is 1. The van der Waals surface area contributed by atoms with Gasteiger partial charge in [0.1, 0.15) is 0 Å². The standard InChI is InChI=1S/C13H21N3O2/c1-9(2)16(6-7-17)12-8-10(14)4-5-11(12)13(18)15-3/h4-5,8-9,17H,6-7,14H2,1-3H3,(H,15,18).